The van der Waals surface area contributed by atoms with Crippen LogP contribution in [0.25, 0.3) is 0 Å². The van der Waals surface area contributed by atoms with Crippen molar-refractivity contribution in [2.45, 2.75) is 12.3 Å². The summed E-state index contributed by atoms with van der Waals surface area (Å²) in [7, 11) is -3.03. The van der Waals surface area contributed by atoms with E-state index in [1.165, 1.54) is 0 Å². The molecule has 1 atom stereocenters. The molecule has 0 radical (unpaired) electrons. The fourth-order valence-corrected chi connectivity index (χ4v) is 3.60. The first-order chi connectivity index (χ1) is 7.39. The molecule has 16 heavy (non-hydrogen) atoms. The quantitative estimate of drug-likeness (QED) is 0.768. The summed E-state index contributed by atoms with van der Waals surface area (Å²) in [5.74, 6) is -0.457. The van der Waals surface area contributed by atoms with Crippen LogP contribution in [-0.2, 0) is 9.84 Å². The molecule has 1 aliphatic rings. The second-order valence-electron chi connectivity index (χ2n) is 3.69. The molecule has 88 valence electrons. The number of halogens is 1. The van der Waals surface area contributed by atoms with E-state index in [1.807, 2.05) is 0 Å². The van der Waals surface area contributed by atoms with Crippen LogP contribution >= 0.6 is 15.9 Å². The lowest BCUT2D eigenvalue weighted by Gasteiger charge is -2.07. The smallest absolute Gasteiger partial charge is 0.269 e. The van der Waals surface area contributed by atoms with Crippen molar-refractivity contribution >= 4 is 25.8 Å². The van der Waals surface area contributed by atoms with Crippen molar-refractivity contribution in [1.29, 1.82) is 0 Å². The number of nitrogens with one attached hydrogen (secondary N) is 1. The van der Waals surface area contributed by atoms with Crippen LogP contribution < -0.4 is 5.56 Å². The predicted molar refractivity (Wildman–Crippen MR) is 60.2 cm³/mol. The van der Waals surface area contributed by atoms with E-state index >= 15 is 0 Å². The van der Waals surface area contributed by atoms with Crippen LogP contribution in [0.4, 0.5) is 0 Å². The van der Waals surface area contributed by atoms with E-state index in [4.69, 9.17) is 0 Å². The van der Waals surface area contributed by atoms with Gasteiger partial charge in [-0.15, -0.1) is 0 Å². The monoisotopic (exact) mass is 308 g/mol. The van der Waals surface area contributed by atoms with Gasteiger partial charge in [-0.2, -0.15) is 4.98 Å². The molecule has 0 aliphatic carbocycles. The van der Waals surface area contributed by atoms with Gasteiger partial charge in [0.2, 0.25) is 5.88 Å². The van der Waals surface area contributed by atoms with Crippen LogP contribution in [0.2, 0.25) is 0 Å². The third-order valence-electron chi connectivity index (χ3n) is 2.48. The van der Waals surface area contributed by atoms with E-state index in [9.17, 15) is 18.3 Å². The zero-order valence-electron chi connectivity index (χ0n) is 8.10. The summed E-state index contributed by atoms with van der Waals surface area (Å²) in [5, 5.41) is 9.34. The van der Waals surface area contributed by atoms with E-state index in [2.05, 4.69) is 25.9 Å². The molecule has 6 nitrogen and oxygen atoms in total. The van der Waals surface area contributed by atoms with Crippen molar-refractivity contribution in [3.8, 4) is 5.88 Å². The average molecular weight is 309 g/mol. The maximum absolute atomic E-state index is 11.3. The molecule has 1 saturated heterocycles. The SMILES string of the molecule is O=c1[nH]c(C2CCS(=O)(=O)C2)nc(O)c1Br. The van der Waals surface area contributed by atoms with Crippen LogP contribution in [0.1, 0.15) is 18.2 Å². The molecule has 2 N–H and O–H groups in total. The minimum atomic E-state index is -3.03. The molecule has 0 spiro atoms. The normalized spacial score (nSPS) is 23.4. The largest absolute Gasteiger partial charge is 0.492 e. The van der Waals surface area contributed by atoms with E-state index in [-0.39, 0.29) is 27.7 Å². The summed E-state index contributed by atoms with van der Waals surface area (Å²) in [5.41, 5.74) is -0.508. The fraction of sp³-hybridized carbons (Fsp3) is 0.500. The average Bonchev–Trinajstić information content (AvgIpc) is 2.54. The molecule has 1 aromatic heterocycles. The Balaban J connectivity index is 2.40. The topological polar surface area (TPSA) is 100 Å². The van der Waals surface area contributed by atoms with Gasteiger partial charge in [0.05, 0.1) is 11.5 Å². The van der Waals surface area contributed by atoms with Crippen LogP contribution in [0.15, 0.2) is 9.27 Å². The Hall–Kier alpha value is -0.890. The first-order valence-electron chi connectivity index (χ1n) is 4.58. The van der Waals surface area contributed by atoms with Crippen molar-refractivity contribution in [3.05, 3.63) is 20.7 Å². The van der Waals surface area contributed by atoms with Gasteiger partial charge in [0.1, 0.15) is 10.3 Å². The van der Waals surface area contributed by atoms with Gasteiger partial charge in [-0.1, -0.05) is 0 Å². The summed E-state index contributed by atoms with van der Waals surface area (Å²) >= 11 is 2.87. The molecule has 0 aromatic carbocycles. The summed E-state index contributed by atoms with van der Waals surface area (Å²) < 4.78 is 22.5. The van der Waals surface area contributed by atoms with E-state index < -0.39 is 21.3 Å². The number of sulfone groups is 1. The molecular weight excluding hydrogens is 300 g/mol. The molecule has 1 aromatic rings. The summed E-state index contributed by atoms with van der Waals surface area (Å²) in [6, 6.07) is 0. The molecule has 0 saturated carbocycles. The first kappa shape index (κ1) is 11.6. The highest BCUT2D eigenvalue weighted by molar-refractivity contribution is 9.10. The molecule has 1 unspecified atom stereocenters. The number of hydrogen-bond acceptors (Lipinski definition) is 5. The molecule has 2 rings (SSSR count). The second-order valence-corrected chi connectivity index (χ2v) is 6.71. The Labute approximate surface area is 99.8 Å². The number of rotatable bonds is 1. The van der Waals surface area contributed by atoms with Crippen molar-refractivity contribution < 1.29 is 13.5 Å². The van der Waals surface area contributed by atoms with Gasteiger partial charge in [0.15, 0.2) is 9.84 Å². The van der Waals surface area contributed by atoms with E-state index in [0.29, 0.717) is 6.42 Å². The van der Waals surface area contributed by atoms with Gasteiger partial charge in [0.25, 0.3) is 5.56 Å². The second kappa shape index (κ2) is 3.85. The van der Waals surface area contributed by atoms with Crippen LogP contribution in [0, 0.1) is 0 Å². The zero-order chi connectivity index (χ0) is 11.9. The number of aromatic nitrogens is 2. The van der Waals surface area contributed by atoms with E-state index in [0.717, 1.165) is 0 Å². The van der Waals surface area contributed by atoms with Gasteiger partial charge in [0, 0.05) is 5.92 Å². The van der Waals surface area contributed by atoms with Crippen LogP contribution in [-0.4, -0.2) is 35.0 Å². The minimum absolute atomic E-state index is 0.0307. The van der Waals surface area contributed by atoms with Gasteiger partial charge >= 0.3 is 0 Å². The minimum Gasteiger partial charge on any atom is -0.492 e. The Kier molecular flexibility index (Phi) is 2.79. The lowest BCUT2D eigenvalue weighted by molar-refractivity contribution is 0.441. The maximum Gasteiger partial charge on any atom is 0.269 e. The Bertz CT molecular complexity index is 580. The van der Waals surface area contributed by atoms with Gasteiger partial charge in [-0.05, 0) is 22.4 Å². The van der Waals surface area contributed by atoms with Crippen LogP contribution in [0.3, 0.4) is 0 Å². The number of aromatic hydroxyl groups is 1. The van der Waals surface area contributed by atoms with Crippen molar-refractivity contribution in [2.24, 2.45) is 0 Å². The van der Waals surface area contributed by atoms with E-state index in [1.54, 1.807) is 0 Å². The summed E-state index contributed by atoms with van der Waals surface area (Å²) in [4.78, 5) is 17.6. The fourth-order valence-electron chi connectivity index (χ4n) is 1.67. The lowest BCUT2D eigenvalue weighted by atomic mass is 10.1. The van der Waals surface area contributed by atoms with Gasteiger partial charge in [-0.25, -0.2) is 8.42 Å². The highest BCUT2D eigenvalue weighted by atomic mass is 79.9. The third-order valence-corrected chi connectivity index (χ3v) is 4.97. The molecular formula is C8H9BrN2O4S. The molecule has 8 heteroatoms. The summed E-state index contributed by atoms with van der Waals surface area (Å²) in [6.07, 6.45) is 0.423. The lowest BCUT2D eigenvalue weighted by Crippen LogP contribution is -2.16. The van der Waals surface area contributed by atoms with Crippen molar-refractivity contribution in [1.82, 2.24) is 9.97 Å². The third kappa shape index (κ3) is 2.12. The molecule has 0 bridgehead atoms. The summed E-state index contributed by atoms with van der Waals surface area (Å²) in [6.45, 7) is 0. The predicted octanol–water partition coefficient (Wildman–Crippen LogP) is 0.140. The number of hydrogen-bond donors (Lipinski definition) is 2. The Morgan fingerprint density at radius 2 is 2.19 bits per heavy atom. The maximum atomic E-state index is 11.3. The van der Waals surface area contributed by atoms with Crippen molar-refractivity contribution in [2.75, 3.05) is 11.5 Å². The molecule has 1 fully saturated rings. The van der Waals surface area contributed by atoms with Gasteiger partial charge in [-0.3, -0.25) is 4.79 Å². The Morgan fingerprint density at radius 1 is 1.50 bits per heavy atom. The highest BCUT2D eigenvalue weighted by Gasteiger charge is 2.31. The molecule has 2 heterocycles. The Morgan fingerprint density at radius 3 is 2.69 bits per heavy atom. The van der Waals surface area contributed by atoms with Crippen molar-refractivity contribution in [3.63, 3.8) is 0 Å². The zero-order valence-corrected chi connectivity index (χ0v) is 10.5. The highest BCUT2D eigenvalue weighted by Crippen LogP contribution is 2.27. The van der Waals surface area contributed by atoms with Crippen LogP contribution in [0.5, 0.6) is 5.88 Å². The number of H-pyrrole nitrogens is 1. The number of aromatic amines is 1. The first-order valence-corrected chi connectivity index (χ1v) is 7.19. The molecule has 0 amide bonds. The number of nitrogens with zero attached hydrogens (tertiary/aromatic N) is 1. The standard InChI is InChI=1S/C8H9BrN2O4S/c9-5-7(12)10-6(11-8(5)13)4-1-2-16(14,15)3-4/h4H,1-3H2,(H2,10,11,12,13). The van der Waals surface area contributed by atoms with Gasteiger partial charge < -0.3 is 10.1 Å². The molecule has 1 aliphatic heterocycles.